The summed E-state index contributed by atoms with van der Waals surface area (Å²) in [7, 11) is 0. The van der Waals surface area contributed by atoms with E-state index < -0.39 is 11.4 Å². The molecule has 1 aliphatic carbocycles. The number of likely N-dealkylation sites (tertiary alicyclic amines) is 1. The highest BCUT2D eigenvalue weighted by molar-refractivity contribution is 5.75. The SMILES string of the molecule is CCOC1CCN(CC2(C(=O)O)CCCC(C)C2)CC1. The first kappa shape index (κ1) is 15.8. The molecule has 1 saturated carbocycles. The Bertz CT molecular complexity index is 326. The van der Waals surface area contributed by atoms with Gasteiger partial charge in [-0.2, -0.15) is 0 Å². The van der Waals surface area contributed by atoms with Gasteiger partial charge in [0.05, 0.1) is 11.5 Å². The molecule has 0 bridgehead atoms. The Morgan fingerprint density at radius 1 is 1.35 bits per heavy atom. The summed E-state index contributed by atoms with van der Waals surface area (Å²) in [5.74, 6) is -0.0446. The van der Waals surface area contributed by atoms with Crippen LogP contribution in [0.1, 0.15) is 52.4 Å². The lowest BCUT2D eigenvalue weighted by Crippen LogP contribution is -2.48. The van der Waals surface area contributed by atoms with Gasteiger partial charge in [0.15, 0.2) is 0 Å². The van der Waals surface area contributed by atoms with Crippen LogP contribution < -0.4 is 0 Å². The lowest BCUT2D eigenvalue weighted by molar-refractivity contribution is -0.154. The van der Waals surface area contributed by atoms with Gasteiger partial charge in [0.1, 0.15) is 0 Å². The van der Waals surface area contributed by atoms with Crippen LogP contribution in [0.25, 0.3) is 0 Å². The molecule has 116 valence electrons. The van der Waals surface area contributed by atoms with Crippen LogP contribution in [0.2, 0.25) is 0 Å². The van der Waals surface area contributed by atoms with Crippen LogP contribution in [-0.2, 0) is 9.53 Å². The lowest BCUT2D eigenvalue weighted by Gasteiger charge is -2.42. The summed E-state index contributed by atoms with van der Waals surface area (Å²) in [6, 6.07) is 0. The zero-order valence-electron chi connectivity index (χ0n) is 12.9. The minimum atomic E-state index is -0.587. The Labute approximate surface area is 122 Å². The molecule has 0 aromatic rings. The molecule has 4 heteroatoms. The van der Waals surface area contributed by atoms with Crippen LogP contribution >= 0.6 is 0 Å². The fraction of sp³-hybridized carbons (Fsp3) is 0.938. The zero-order valence-corrected chi connectivity index (χ0v) is 12.9. The van der Waals surface area contributed by atoms with Gasteiger partial charge >= 0.3 is 5.97 Å². The van der Waals surface area contributed by atoms with Gasteiger partial charge in [0.2, 0.25) is 0 Å². The number of hydrogen-bond donors (Lipinski definition) is 1. The average Bonchev–Trinajstić information content (AvgIpc) is 2.41. The number of hydrogen-bond acceptors (Lipinski definition) is 3. The molecule has 2 fully saturated rings. The third-order valence-corrected chi connectivity index (χ3v) is 5.01. The number of aliphatic carboxylic acids is 1. The van der Waals surface area contributed by atoms with E-state index in [2.05, 4.69) is 11.8 Å². The summed E-state index contributed by atoms with van der Waals surface area (Å²) >= 11 is 0. The maximum atomic E-state index is 11.8. The minimum Gasteiger partial charge on any atom is -0.481 e. The van der Waals surface area contributed by atoms with Crippen molar-refractivity contribution in [3.63, 3.8) is 0 Å². The molecule has 0 aromatic carbocycles. The molecular weight excluding hydrogens is 254 g/mol. The number of piperidine rings is 1. The van der Waals surface area contributed by atoms with Gasteiger partial charge in [-0.3, -0.25) is 4.79 Å². The van der Waals surface area contributed by atoms with E-state index in [-0.39, 0.29) is 0 Å². The highest BCUT2D eigenvalue weighted by atomic mass is 16.5. The molecule has 1 N–H and O–H groups in total. The summed E-state index contributed by atoms with van der Waals surface area (Å²) in [4.78, 5) is 14.2. The van der Waals surface area contributed by atoms with E-state index in [1.54, 1.807) is 0 Å². The van der Waals surface area contributed by atoms with Crippen molar-refractivity contribution in [2.24, 2.45) is 11.3 Å². The molecule has 2 atom stereocenters. The summed E-state index contributed by atoms with van der Waals surface area (Å²) < 4.78 is 5.67. The number of nitrogens with zero attached hydrogens (tertiary/aromatic N) is 1. The van der Waals surface area contributed by atoms with Crippen molar-refractivity contribution in [1.82, 2.24) is 4.90 Å². The fourth-order valence-electron chi connectivity index (χ4n) is 3.96. The van der Waals surface area contributed by atoms with E-state index >= 15 is 0 Å². The van der Waals surface area contributed by atoms with Crippen LogP contribution in [0, 0.1) is 11.3 Å². The molecule has 1 heterocycles. The van der Waals surface area contributed by atoms with Crippen LogP contribution in [0.15, 0.2) is 0 Å². The van der Waals surface area contributed by atoms with Gasteiger partial charge in [0, 0.05) is 26.2 Å². The van der Waals surface area contributed by atoms with Gasteiger partial charge in [-0.15, -0.1) is 0 Å². The lowest BCUT2D eigenvalue weighted by atomic mass is 9.69. The van der Waals surface area contributed by atoms with Crippen molar-refractivity contribution in [1.29, 1.82) is 0 Å². The Morgan fingerprint density at radius 3 is 2.60 bits per heavy atom. The molecule has 2 unspecified atom stereocenters. The van der Waals surface area contributed by atoms with Gasteiger partial charge in [-0.1, -0.05) is 19.8 Å². The summed E-state index contributed by atoms with van der Waals surface area (Å²) in [5.41, 5.74) is -0.504. The third-order valence-electron chi connectivity index (χ3n) is 5.01. The molecule has 0 aromatic heterocycles. The molecule has 0 spiro atoms. The standard InChI is InChI=1S/C16H29NO3/c1-3-20-14-6-9-17(10-7-14)12-16(15(18)19)8-4-5-13(2)11-16/h13-14H,3-12H2,1-2H3,(H,18,19). The molecule has 0 amide bonds. The van der Waals surface area contributed by atoms with Gasteiger partial charge in [0.25, 0.3) is 0 Å². The maximum absolute atomic E-state index is 11.8. The molecule has 1 aliphatic heterocycles. The highest BCUT2D eigenvalue weighted by Crippen LogP contribution is 2.40. The Morgan fingerprint density at radius 2 is 2.05 bits per heavy atom. The highest BCUT2D eigenvalue weighted by Gasteiger charge is 2.43. The van der Waals surface area contributed by atoms with Gasteiger partial charge < -0.3 is 14.7 Å². The van der Waals surface area contributed by atoms with Crippen molar-refractivity contribution < 1.29 is 14.6 Å². The normalized spacial score (nSPS) is 33.2. The van der Waals surface area contributed by atoms with E-state index in [0.717, 1.165) is 58.3 Å². The number of rotatable bonds is 5. The van der Waals surface area contributed by atoms with Crippen LogP contribution in [-0.4, -0.2) is 48.3 Å². The quantitative estimate of drug-likeness (QED) is 0.843. The first-order valence-electron chi connectivity index (χ1n) is 8.13. The molecule has 2 aliphatic rings. The summed E-state index contributed by atoms with van der Waals surface area (Å²) in [6.45, 7) is 7.70. The van der Waals surface area contributed by atoms with Gasteiger partial charge in [-0.25, -0.2) is 0 Å². The predicted molar refractivity (Wildman–Crippen MR) is 78.8 cm³/mol. The van der Waals surface area contributed by atoms with E-state index in [1.807, 2.05) is 6.92 Å². The fourth-order valence-corrected chi connectivity index (χ4v) is 3.96. The molecule has 1 saturated heterocycles. The van der Waals surface area contributed by atoms with E-state index in [0.29, 0.717) is 12.0 Å². The summed E-state index contributed by atoms with van der Waals surface area (Å²) in [5, 5.41) is 9.72. The van der Waals surface area contributed by atoms with E-state index in [4.69, 9.17) is 4.74 Å². The summed E-state index contributed by atoms with van der Waals surface area (Å²) in [6.07, 6.45) is 6.39. The number of carboxylic acids is 1. The van der Waals surface area contributed by atoms with Crippen molar-refractivity contribution in [3.8, 4) is 0 Å². The number of carboxylic acid groups (broad SMARTS) is 1. The zero-order chi connectivity index (χ0) is 14.6. The topological polar surface area (TPSA) is 49.8 Å². The first-order valence-corrected chi connectivity index (χ1v) is 8.13. The van der Waals surface area contributed by atoms with Gasteiger partial charge in [-0.05, 0) is 38.5 Å². The second kappa shape index (κ2) is 6.90. The Balaban J connectivity index is 1.91. The second-order valence-electron chi connectivity index (χ2n) is 6.72. The monoisotopic (exact) mass is 283 g/mol. The molecule has 0 radical (unpaired) electrons. The predicted octanol–water partition coefficient (Wildman–Crippen LogP) is 2.77. The van der Waals surface area contributed by atoms with Crippen molar-refractivity contribution in [2.45, 2.75) is 58.5 Å². The number of ether oxygens (including phenoxy) is 1. The number of carbonyl (C=O) groups is 1. The smallest absolute Gasteiger partial charge is 0.310 e. The van der Waals surface area contributed by atoms with Crippen molar-refractivity contribution >= 4 is 5.97 Å². The van der Waals surface area contributed by atoms with E-state index in [1.165, 1.54) is 6.42 Å². The van der Waals surface area contributed by atoms with Crippen LogP contribution in [0.3, 0.4) is 0 Å². The first-order chi connectivity index (χ1) is 9.55. The second-order valence-corrected chi connectivity index (χ2v) is 6.72. The largest absolute Gasteiger partial charge is 0.481 e. The molecular formula is C16H29NO3. The third kappa shape index (κ3) is 3.73. The Hall–Kier alpha value is -0.610. The maximum Gasteiger partial charge on any atom is 0.310 e. The Kier molecular flexibility index (Phi) is 5.44. The van der Waals surface area contributed by atoms with Crippen molar-refractivity contribution in [3.05, 3.63) is 0 Å². The van der Waals surface area contributed by atoms with Crippen LogP contribution in [0.5, 0.6) is 0 Å². The van der Waals surface area contributed by atoms with Crippen LogP contribution in [0.4, 0.5) is 0 Å². The molecule has 2 rings (SSSR count). The average molecular weight is 283 g/mol. The molecule has 20 heavy (non-hydrogen) atoms. The minimum absolute atomic E-state index is 0.377. The van der Waals surface area contributed by atoms with E-state index in [9.17, 15) is 9.90 Å². The van der Waals surface area contributed by atoms with Crippen molar-refractivity contribution in [2.75, 3.05) is 26.2 Å². The molecule has 4 nitrogen and oxygen atoms in total.